The van der Waals surface area contributed by atoms with E-state index in [0.717, 1.165) is 18.3 Å². The molecule has 0 heterocycles. The van der Waals surface area contributed by atoms with E-state index in [4.69, 9.17) is 11.1 Å². The van der Waals surface area contributed by atoms with Crippen LogP contribution in [0, 0.1) is 5.41 Å². The average molecular weight is 108 g/mol. The van der Waals surface area contributed by atoms with E-state index >= 15 is 0 Å². The summed E-state index contributed by atoms with van der Waals surface area (Å²) in [6, 6.07) is 0. The topological polar surface area (TPSA) is 49.9 Å². The van der Waals surface area contributed by atoms with Gasteiger partial charge in [-0.3, -0.25) is 0 Å². The van der Waals surface area contributed by atoms with Crippen molar-refractivity contribution in [2.24, 2.45) is 5.73 Å². The van der Waals surface area contributed by atoms with Crippen molar-refractivity contribution in [1.29, 1.82) is 5.41 Å². The van der Waals surface area contributed by atoms with E-state index in [9.17, 15) is 0 Å². The molecule has 0 bridgehead atoms. The molecule has 0 unspecified atom stereocenters. The van der Waals surface area contributed by atoms with Gasteiger partial charge in [-0.05, 0) is 0 Å². The standard InChI is InChI=1S/CH3N2.Zn/c2-1-3;/h(H3,2,3);. The molecule has 0 aliphatic heterocycles. The monoisotopic (exact) mass is 107 g/mol. The molecule has 0 saturated carbocycles. The fourth-order valence-electron chi connectivity index (χ4n) is 0. The number of hydrogen-bond donors (Lipinski definition) is 2. The fraction of sp³-hybridized carbons (Fsp3) is 0. The van der Waals surface area contributed by atoms with Gasteiger partial charge in [0.15, 0.2) is 0 Å². The van der Waals surface area contributed by atoms with Gasteiger partial charge in [0, 0.05) is 0 Å². The quantitative estimate of drug-likeness (QED) is 0.244. The van der Waals surface area contributed by atoms with Crippen LogP contribution in [0.3, 0.4) is 0 Å². The van der Waals surface area contributed by atoms with Gasteiger partial charge in [-0.25, -0.2) is 0 Å². The number of amidine groups is 1. The Morgan fingerprint density at radius 2 is 2.00 bits per heavy atom. The predicted octanol–water partition coefficient (Wildman–Crippen LogP) is -0.573. The van der Waals surface area contributed by atoms with Crippen molar-refractivity contribution >= 4 is 4.43 Å². The Morgan fingerprint density at radius 3 is 2.00 bits per heavy atom. The first-order chi connectivity index (χ1) is 1.73. The van der Waals surface area contributed by atoms with Crippen LogP contribution in [0.15, 0.2) is 0 Å². The van der Waals surface area contributed by atoms with Gasteiger partial charge in [0.25, 0.3) is 0 Å². The molecule has 0 aliphatic rings. The Labute approximate surface area is 34.6 Å². The summed E-state index contributed by atoms with van der Waals surface area (Å²) in [7, 11) is 0. The SMILES string of the molecule is N=[C](N)[Zn]. The van der Waals surface area contributed by atoms with Crippen LogP contribution in [0.1, 0.15) is 0 Å². The van der Waals surface area contributed by atoms with Crippen molar-refractivity contribution < 1.29 is 18.3 Å². The molecule has 0 atom stereocenters. The number of nitrogens with two attached hydrogens (primary N) is 1. The molecule has 0 aliphatic carbocycles. The van der Waals surface area contributed by atoms with Crippen LogP contribution in [-0.4, -0.2) is 4.43 Å². The zero-order valence-electron chi connectivity index (χ0n) is 2.28. The van der Waals surface area contributed by atoms with E-state index in [1.807, 2.05) is 0 Å². The van der Waals surface area contributed by atoms with Crippen LogP contribution in [0.2, 0.25) is 0 Å². The zero-order valence-corrected chi connectivity index (χ0v) is 5.25. The van der Waals surface area contributed by atoms with Crippen molar-refractivity contribution in [3.05, 3.63) is 0 Å². The summed E-state index contributed by atoms with van der Waals surface area (Å²) in [4.78, 5) is 0. The molecular formula is CH3N2Zn. The van der Waals surface area contributed by atoms with Gasteiger partial charge in [-0.1, -0.05) is 0 Å². The van der Waals surface area contributed by atoms with E-state index in [1.54, 1.807) is 0 Å². The molecule has 0 spiro atoms. The second-order valence-electron chi connectivity index (χ2n) is 0.525. The Bertz CT molecular complexity index is 29.0. The van der Waals surface area contributed by atoms with Crippen LogP contribution in [0.4, 0.5) is 0 Å². The van der Waals surface area contributed by atoms with E-state index in [2.05, 4.69) is 0 Å². The maximum absolute atomic E-state index is 6.33. The Hall–Kier alpha value is 0.0934. The van der Waals surface area contributed by atoms with Gasteiger partial charge < -0.3 is 0 Å². The van der Waals surface area contributed by atoms with Gasteiger partial charge in [0.1, 0.15) is 0 Å². The third-order valence-electron chi connectivity index (χ3n) is 0. The van der Waals surface area contributed by atoms with E-state index in [-0.39, 0.29) is 0 Å². The normalized spacial score (nSPS) is 6.50. The van der Waals surface area contributed by atoms with Gasteiger partial charge in [-0.15, -0.1) is 0 Å². The summed E-state index contributed by atoms with van der Waals surface area (Å²) < 4.78 is 0.292. The zero-order chi connectivity index (χ0) is 3.58. The predicted molar refractivity (Wildman–Crippen MR) is 11.9 cm³/mol. The first-order valence-electron chi connectivity index (χ1n) is 0.892. The van der Waals surface area contributed by atoms with Crippen molar-refractivity contribution in [1.82, 2.24) is 0 Å². The Balaban J connectivity index is 2.80. The minimum atomic E-state index is 0.292. The molecule has 3 N–H and O–H groups in total. The summed E-state index contributed by atoms with van der Waals surface area (Å²) in [6.07, 6.45) is 0. The van der Waals surface area contributed by atoms with Gasteiger partial charge in [0.05, 0.1) is 0 Å². The molecule has 0 aromatic carbocycles. The molecule has 0 aromatic rings. The second kappa shape index (κ2) is 1.42. The summed E-state index contributed by atoms with van der Waals surface area (Å²) >= 11 is 0.792. The number of nitrogens with one attached hydrogen (secondary N) is 1. The van der Waals surface area contributed by atoms with E-state index in [0.29, 0.717) is 4.43 Å². The van der Waals surface area contributed by atoms with Crippen molar-refractivity contribution in [2.45, 2.75) is 0 Å². The first kappa shape index (κ1) is 4.09. The molecule has 19 valence electrons. The van der Waals surface area contributed by atoms with E-state index < -0.39 is 0 Å². The third kappa shape index (κ3) is 287. The molecule has 2 nitrogen and oxygen atoms in total. The van der Waals surface area contributed by atoms with Crippen LogP contribution in [0.25, 0.3) is 0 Å². The van der Waals surface area contributed by atoms with Gasteiger partial charge in [0.2, 0.25) is 0 Å². The van der Waals surface area contributed by atoms with Crippen molar-refractivity contribution in [3.8, 4) is 0 Å². The van der Waals surface area contributed by atoms with E-state index in [1.165, 1.54) is 0 Å². The molecular weight excluding hydrogens is 105 g/mol. The van der Waals surface area contributed by atoms with Gasteiger partial charge >= 0.3 is 33.9 Å². The average Bonchev–Trinajstić information content (AvgIpc) is 0.811. The van der Waals surface area contributed by atoms with Crippen LogP contribution in [-0.2, 0) is 18.3 Å². The third-order valence-corrected chi connectivity index (χ3v) is 0. The second-order valence-corrected chi connectivity index (χ2v) is 2.12. The summed E-state index contributed by atoms with van der Waals surface area (Å²) in [6.45, 7) is 0. The molecule has 0 rings (SSSR count). The summed E-state index contributed by atoms with van der Waals surface area (Å²) in [5.41, 5.74) is 4.75. The first-order valence-corrected chi connectivity index (χ1v) is 2.38. The van der Waals surface area contributed by atoms with Gasteiger partial charge in [-0.2, -0.15) is 0 Å². The van der Waals surface area contributed by atoms with Crippen molar-refractivity contribution in [2.75, 3.05) is 0 Å². The summed E-state index contributed by atoms with van der Waals surface area (Å²) in [5, 5.41) is 6.33. The number of rotatable bonds is 0. The number of hydrogen-bond acceptors (Lipinski definition) is 1. The Kier molecular flexibility index (Phi) is 1.45. The molecule has 0 fully saturated rings. The van der Waals surface area contributed by atoms with Crippen molar-refractivity contribution in [3.63, 3.8) is 0 Å². The molecule has 0 radical (unpaired) electrons. The molecule has 0 amide bonds. The molecule has 0 saturated heterocycles. The Morgan fingerprint density at radius 1 is 2.00 bits per heavy atom. The molecule has 4 heavy (non-hydrogen) atoms. The van der Waals surface area contributed by atoms with Crippen LogP contribution >= 0.6 is 0 Å². The molecule has 3 heteroatoms. The molecule has 0 aromatic heterocycles. The fourth-order valence-corrected chi connectivity index (χ4v) is 0. The summed E-state index contributed by atoms with van der Waals surface area (Å²) in [5.74, 6) is 0. The van der Waals surface area contributed by atoms with Crippen LogP contribution in [0.5, 0.6) is 0 Å². The van der Waals surface area contributed by atoms with Crippen LogP contribution < -0.4 is 5.73 Å². The minimum absolute atomic E-state index is 0.292. The maximum atomic E-state index is 6.33.